The second kappa shape index (κ2) is 26.8. The number of carbonyl (C=O) groups is 7. The average Bonchev–Trinajstić information content (AvgIpc) is 4.08. The van der Waals surface area contributed by atoms with Gasteiger partial charge in [0, 0.05) is 64.5 Å². The third-order valence-electron chi connectivity index (χ3n) is 14.5. The monoisotopic (exact) mass is 1080 g/mol. The molecule has 0 aliphatic carbocycles. The number of rotatable bonds is 19. The molecule has 10 atom stereocenters. The van der Waals surface area contributed by atoms with E-state index in [2.05, 4.69) is 16.0 Å². The zero-order valence-corrected chi connectivity index (χ0v) is 46.3. The Hall–Kier alpha value is -6.06. The van der Waals surface area contributed by atoms with Gasteiger partial charge in [-0.05, 0) is 81.3 Å². The summed E-state index contributed by atoms with van der Waals surface area (Å²) in [5.41, 5.74) is 6.04. The van der Waals surface area contributed by atoms with E-state index in [4.69, 9.17) is 45.8 Å². The highest BCUT2D eigenvalue weighted by molar-refractivity contribution is 6.35. The van der Waals surface area contributed by atoms with Crippen molar-refractivity contribution >= 4 is 64.6 Å². The summed E-state index contributed by atoms with van der Waals surface area (Å²) >= 11 is 6.81. The molecule has 2 aromatic carbocycles. The van der Waals surface area contributed by atoms with Gasteiger partial charge in [0.1, 0.15) is 47.3 Å². The summed E-state index contributed by atoms with van der Waals surface area (Å²) in [5.74, 6) is -2.87. The van der Waals surface area contributed by atoms with Crippen LogP contribution in [0.15, 0.2) is 60.2 Å². The molecular formula is C55H77ClN6O14. The molecule has 2 aromatic rings. The first-order valence-corrected chi connectivity index (χ1v) is 26.1. The number of aliphatic hydroxyl groups is 1. The number of carbonyl (C=O) groups excluding carboxylic acids is 7. The molecule has 3 aliphatic heterocycles. The molecule has 76 heavy (non-hydrogen) atoms. The summed E-state index contributed by atoms with van der Waals surface area (Å²) in [4.78, 5) is 94.9. The second-order valence-corrected chi connectivity index (χ2v) is 21.1. The Labute approximate surface area is 450 Å². The molecule has 2 saturated heterocycles. The fourth-order valence-corrected chi connectivity index (χ4v) is 9.53. The predicted octanol–water partition coefficient (Wildman–Crippen LogP) is 6.52. The average molecular weight is 1080 g/mol. The van der Waals surface area contributed by atoms with Crippen LogP contribution in [0.5, 0.6) is 5.75 Å². The number of epoxide rings is 1. The van der Waals surface area contributed by atoms with Gasteiger partial charge < -0.3 is 59.7 Å². The highest BCUT2D eigenvalue weighted by Gasteiger charge is 2.64. The minimum atomic E-state index is -1.87. The van der Waals surface area contributed by atoms with Crippen molar-refractivity contribution in [2.24, 2.45) is 23.5 Å². The zero-order valence-electron chi connectivity index (χ0n) is 45.6. The lowest BCUT2D eigenvalue weighted by molar-refractivity contribution is -0.162. The zero-order chi connectivity index (χ0) is 56.2. The van der Waals surface area contributed by atoms with E-state index in [1.807, 2.05) is 26.8 Å². The highest BCUT2D eigenvalue weighted by Crippen LogP contribution is 2.49. The number of ketones is 1. The molecule has 5 rings (SSSR count). The Bertz CT molecular complexity index is 2490. The standard InChI is InChI=1S/C55H77ClN6O14/c1-31(2)48(57)40(63)25-33(4)50(66)59-38-21-19-36(20-22-38)30-73-52(68)58-23-14-12-13-18-45(64)61(8)35(6)51(67)75-44-28-46(65)62(9)39-26-37(27-41(71-10)47(39)56)24-32(3)16-15-17-43(72-11)55(70)29-42(74-53(69)60-55)34(5)49-54(44,7)76-49/h15-17,19-22,26-27,31,33-35,42-44,48-49,70H,12-14,18,23-25,28-30,57H2,1-11H3,(H,58,68)(H,59,66)(H,60,69)/b17-15+,32-16+/t33-,34-,35+,42?,43-,44+,48+,49+,54+,55+/m1/s1. The van der Waals surface area contributed by atoms with Crippen LogP contribution in [0.1, 0.15) is 105 Å². The molecule has 20 nitrogen and oxygen atoms in total. The Morgan fingerprint density at radius 3 is 2.41 bits per heavy atom. The smallest absolute Gasteiger partial charge is 0.409 e. The van der Waals surface area contributed by atoms with Crippen molar-refractivity contribution in [1.82, 2.24) is 15.5 Å². The molecular weight excluding hydrogens is 1000 g/mol. The van der Waals surface area contributed by atoms with Crippen LogP contribution < -0.4 is 31.3 Å². The number of esters is 1. The number of fused-ring (bicyclic) bond motifs is 5. The van der Waals surface area contributed by atoms with Gasteiger partial charge in [0.25, 0.3) is 0 Å². The second-order valence-electron chi connectivity index (χ2n) is 20.7. The van der Waals surface area contributed by atoms with Crippen molar-refractivity contribution in [3.8, 4) is 5.75 Å². The van der Waals surface area contributed by atoms with Gasteiger partial charge in [-0.2, -0.15) is 0 Å². The molecule has 4 bridgehead atoms. The first kappa shape index (κ1) is 60.8. The summed E-state index contributed by atoms with van der Waals surface area (Å²) in [7, 11) is 5.94. The molecule has 0 saturated carbocycles. The number of halogens is 1. The van der Waals surface area contributed by atoms with Gasteiger partial charge in [-0.25, -0.2) is 14.4 Å². The van der Waals surface area contributed by atoms with Crippen molar-refractivity contribution in [3.63, 3.8) is 0 Å². The number of methoxy groups -OCH3 is 2. The van der Waals surface area contributed by atoms with Gasteiger partial charge in [-0.1, -0.05) is 81.7 Å². The van der Waals surface area contributed by atoms with Gasteiger partial charge in [0.2, 0.25) is 17.7 Å². The van der Waals surface area contributed by atoms with Crippen LogP contribution in [-0.2, 0) is 60.7 Å². The normalized spacial score (nSPS) is 26.0. The fraction of sp³-hybridized carbons (Fsp3) is 0.582. The lowest BCUT2D eigenvalue weighted by Crippen LogP contribution is -2.63. The van der Waals surface area contributed by atoms with Crippen LogP contribution in [0.3, 0.4) is 0 Å². The first-order valence-electron chi connectivity index (χ1n) is 25.8. The van der Waals surface area contributed by atoms with Crippen molar-refractivity contribution in [2.75, 3.05) is 45.1 Å². The molecule has 2 fully saturated rings. The van der Waals surface area contributed by atoms with E-state index < -0.39 is 83.7 Å². The number of alkyl carbamates (subject to hydrolysis) is 2. The number of Topliss-reactive ketones (excluding diaryl/α,β-unsaturated/α-hetero) is 1. The van der Waals surface area contributed by atoms with Crippen LogP contribution in [0.2, 0.25) is 5.02 Å². The van der Waals surface area contributed by atoms with Crippen molar-refractivity contribution in [2.45, 2.75) is 154 Å². The SMILES string of the molecule is COc1cc2cc(c1Cl)N(C)C(=O)C[C@H](OC(=O)[C@H](C)N(C)C(=O)CCCCCNC(=O)OCc1ccc(NC(=O)[C@H](C)CC(=O)[C@@H](N)C(C)C)cc1)[C@]1(C)O[C@H]1[C@H](C)C1C[C@@](O)(NC(=O)O1)[C@H](OC)/C=C/C=C(\C)C2. The Balaban J connectivity index is 1.16. The van der Waals surface area contributed by atoms with Crippen molar-refractivity contribution < 1.29 is 67.1 Å². The molecule has 3 aliphatic rings. The minimum absolute atomic E-state index is 0.00891. The van der Waals surface area contributed by atoms with E-state index in [1.54, 1.807) is 76.4 Å². The number of benzene rings is 2. The maximum absolute atomic E-state index is 14.3. The minimum Gasteiger partial charge on any atom is -0.495 e. The van der Waals surface area contributed by atoms with Gasteiger partial charge in [-0.15, -0.1) is 0 Å². The van der Waals surface area contributed by atoms with Crippen LogP contribution in [-0.4, -0.2) is 134 Å². The number of nitrogens with two attached hydrogens (primary N) is 1. The summed E-state index contributed by atoms with van der Waals surface area (Å²) in [6.45, 7) is 12.6. The van der Waals surface area contributed by atoms with Crippen LogP contribution >= 0.6 is 11.6 Å². The van der Waals surface area contributed by atoms with Crippen molar-refractivity contribution in [1.29, 1.82) is 0 Å². The largest absolute Gasteiger partial charge is 0.495 e. The number of hydrogen-bond donors (Lipinski definition) is 5. The number of nitrogens with one attached hydrogen (secondary N) is 3. The quantitative estimate of drug-likeness (QED) is 0.0434. The highest BCUT2D eigenvalue weighted by atomic mass is 35.5. The molecule has 5 amide bonds. The summed E-state index contributed by atoms with van der Waals surface area (Å²) < 4.78 is 34.8. The van der Waals surface area contributed by atoms with E-state index in [-0.39, 0.29) is 60.8 Å². The van der Waals surface area contributed by atoms with E-state index >= 15 is 0 Å². The van der Waals surface area contributed by atoms with E-state index in [0.29, 0.717) is 54.9 Å². The van der Waals surface area contributed by atoms with E-state index in [9.17, 15) is 38.7 Å². The number of amides is 5. The molecule has 21 heteroatoms. The first-order chi connectivity index (χ1) is 35.8. The van der Waals surface area contributed by atoms with Crippen LogP contribution in [0.4, 0.5) is 21.0 Å². The molecule has 418 valence electrons. The molecule has 0 radical (unpaired) electrons. The summed E-state index contributed by atoms with van der Waals surface area (Å²) in [6.07, 6.45) is 1.64. The van der Waals surface area contributed by atoms with Gasteiger partial charge in [-0.3, -0.25) is 24.5 Å². The lowest BCUT2D eigenvalue weighted by atomic mass is 9.83. The Morgan fingerprint density at radius 1 is 1.05 bits per heavy atom. The summed E-state index contributed by atoms with van der Waals surface area (Å²) in [5, 5.41) is 20.0. The Morgan fingerprint density at radius 2 is 1.75 bits per heavy atom. The number of nitrogens with zero attached hydrogens (tertiary/aromatic N) is 2. The van der Waals surface area contributed by atoms with E-state index in [0.717, 1.165) is 11.1 Å². The Kier molecular flexibility index (Phi) is 21.5. The maximum atomic E-state index is 14.3. The van der Waals surface area contributed by atoms with Gasteiger partial charge in [0.15, 0.2) is 11.5 Å². The molecule has 0 spiro atoms. The third kappa shape index (κ3) is 15.8. The topological polar surface area (TPSA) is 267 Å². The van der Waals surface area contributed by atoms with Gasteiger partial charge in [0.05, 0.1) is 31.4 Å². The fourth-order valence-electron chi connectivity index (χ4n) is 9.21. The number of hydrogen-bond acceptors (Lipinski definition) is 15. The maximum Gasteiger partial charge on any atom is 0.409 e. The van der Waals surface area contributed by atoms with Gasteiger partial charge >= 0.3 is 18.2 Å². The third-order valence-corrected chi connectivity index (χ3v) is 14.9. The van der Waals surface area contributed by atoms with Crippen molar-refractivity contribution in [3.05, 3.63) is 76.3 Å². The number of allylic oxidation sites excluding steroid dienone is 3. The number of unbranched alkanes of at least 4 members (excludes halogenated alkanes) is 2. The summed E-state index contributed by atoms with van der Waals surface area (Å²) in [6, 6.07) is 8.64. The van der Waals surface area contributed by atoms with Crippen LogP contribution in [0, 0.1) is 17.8 Å². The van der Waals surface area contributed by atoms with E-state index in [1.165, 1.54) is 38.0 Å². The molecule has 6 N–H and O–H groups in total. The predicted molar refractivity (Wildman–Crippen MR) is 284 cm³/mol. The molecule has 0 aromatic heterocycles. The molecule has 1 unspecified atom stereocenters. The lowest BCUT2D eigenvalue weighted by Gasteiger charge is -2.42. The molecule has 3 heterocycles. The number of likely N-dealkylation sites (N-methyl/N-ethyl adjacent to an activating group) is 1. The number of ether oxygens (including phenoxy) is 6. The number of anilines is 2. The van der Waals surface area contributed by atoms with Crippen LogP contribution in [0.25, 0.3) is 0 Å².